The van der Waals surface area contributed by atoms with Crippen molar-refractivity contribution in [2.24, 2.45) is 17.6 Å². The molecule has 3 heteroatoms. The summed E-state index contributed by atoms with van der Waals surface area (Å²) in [4.78, 5) is 0. The maximum atomic E-state index is 13.9. The molecule has 0 radical (unpaired) electrons. The number of hydrogen-bond donors (Lipinski definition) is 1. The molecule has 0 saturated heterocycles. The predicted octanol–water partition coefficient (Wildman–Crippen LogP) is 4.57. The van der Waals surface area contributed by atoms with E-state index in [0.717, 1.165) is 0 Å². The van der Waals surface area contributed by atoms with Crippen LogP contribution in [0.5, 0.6) is 0 Å². The molecular weight excluding hydrogens is 261 g/mol. The van der Waals surface area contributed by atoms with Gasteiger partial charge in [-0.1, -0.05) is 56.3 Å². The van der Waals surface area contributed by atoms with Crippen LogP contribution in [0.15, 0.2) is 18.2 Å². The molecule has 2 N–H and O–H groups in total. The maximum Gasteiger partial charge on any atom is 0.145 e. The van der Waals surface area contributed by atoms with E-state index in [2.05, 4.69) is 6.92 Å². The molecule has 0 heterocycles. The molecule has 1 aliphatic carbocycles. The van der Waals surface area contributed by atoms with Gasteiger partial charge in [-0.3, -0.25) is 0 Å². The molecule has 1 saturated carbocycles. The molecule has 0 bridgehead atoms. The van der Waals surface area contributed by atoms with Gasteiger partial charge in [-0.15, -0.1) is 0 Å². The molecule has 106 valence electrons. The normalized spacial score (nSPS) is 25.3. The minimum atomic E-state index is -0.302. The molecule has 1 nitrogen and oxygen atoms in total. The van der Waals surface area contributed by atoms with E-state index in [4.69, 9.17) is 17.3 Å². The molecule has 3 unspecified atom stereocenters. The molecule has 1 fully saturated rings. The Bertz CT molecular complexity index is 421. The first-order valence-corrected chi connectivity index (χ1v) is 7.69. The van der Waals surface area contributed by atoms with Crippen LogP contribution in [0.4, 0.5) is 4.39 Å². The van der Waals surface area contributed by atoms with E-state index in [9.17, 15) is 4.39 Å². The SMILES string of the molecule is CCC1CCCCC1C(N)Cc1cccc(Cl)c1F. The van der Waals surface area contributed by atoms with E-state index in [1.165, 1.54) is 32.1 Å². The smallest absolute Gasteiger partial charge is 0.145 e. The van der Waals surface area contributed by atoms with Gasteiger partial charge < -0.3 is 5.73 Å². The average molecular weight is 284 g/mol. The van der Waals surface area contributed by atoms with E-state index >= 15 is 0 Å². The monoisotopic (exact) mass is 283 g/mol. The summed E-state index contributed by atoms with van der Waals surface area (Å²) >= 11 is 5.82. The van der Waals surface area contributed by atoms with Crippen molar-refractivity contribution >= 4 is 11.6 Å². The van der Waals surface area contributed by atoms with Crippen molar-refractivity contribution in [3.05, 3.63) is 34.6 Å². The Morgan fingerprint density at radius 2 is 2.11 bits per heavy atom. The van der Waals surface area contributed by atoms with Crippen molar-refractivity contribution < 1.29 is 4.39 Å². The zero-order valence-electron chi connectivity index (χ0n) is 11.5. The number of benzene rings is 1. The van der Waals surface area contributed by atoms with Gasteiger partial charge in [0, 0.05) is 6.04 Å². The third kappa shape index (κ3) is 3.49. The molecule has 1 aromatic carbocycles. The minimum Gasteiger partial charge on any atom is -0.327 e. The summed E-state index contributed by atoms with van der Waals surface area (Å²) in [5.41, 5.74) is 7.01. The average Bonchev–Trinajstić information content (AvgIpc) is 2.43. The fourth-order valence-electron chi connectivity index (χ4n) is 3.42. The van der Waals surface area contributed by atoms with Crippen LogP contribution in [0.3, 0.4) is 0 Å². The first-order chi connectivity index (χ1) is 9.13. The number of rotatable bonds is 4. The van der Waals surface area contributed by atoms with E-state index in [1.54, 1.807) is 18.2 Å². The Labute approximate surface area is 120 Å². The van der Waals surface area contributed by atoms with E-state index in [-0.39, 0.29) is 16.9 Å². The van der Waals surface area contributed by atoms with Crippen LogP contribution in [-0.4, -0.2) is 6.04 Å². The Morgan fingerprint density at radius 3 is 2.84 bits per heavy atom. The summed E-state index contributed by atoms with van der Waals surface area (Å²) in [6.07, 6.45) is 6.79. The lowest BCUT2D eigenvalue weighted by atomic mass is 9.73. The Kier molecular flexibility index (Phi) is 5.23. The molecule has 0 aromatic heterocycles. The first-order valence-electron chi connectivity index (χ1n) is 7.32. The van der Waals surface area contributed by atoms with E-state index < -0.39 is 0 Å². The lowest BCUT2D eigenvalue weighted by Gasteiger charge is -2.35. The second kappa shape index (κ2) is 6.71. The van der Waals surface area contributed by atoms with Crippen LogP contribution in [0.1, 0.15) is 44.6 Å². The molecule has 1 aliphatic rings. The van der Waals surface area contributed by atoms with E-state index in [1.807, 2.05) is 0 Å². The van der Waals surface area contributed by atoms with Crippen molar-refractivity contribution in [1.82, 2.24) is 0 Å². The van der Waals surface area contributed by atoms with Crippen molar-refractivity contribution in [2.75, 3.05) is 0 Å². The highest BCUT2D eigenvalue weighted by atomic mass is 35.5. The molecule has 2 rings (SSSR count). The summed E-state index contributed by atoms with van der Waals surface area (Å²) < 4.78 is 13.9. The lowest BCUT2D eigenvalue weighted by molar-refractivity contribution is 0.194. The second-order valence-electron chi connectivity index (χ2n) is 5.70. The maximum absolute atomic E-state index is 13.9. The standard InChI is InChI=1S/C16H23ClFN/c1-2-11-6-3-4-8-13(11)15(19)10-12-7-5-9-14(17)16(12)18/h5,7,9,11,13,15H,2-4,6,8,10,19H2,1H3. The summed E-state index contributed by atoms with van der Waals surface area (Å²) in [6.45, 7) is 2.23. The largest absolute Gasteiger partial charge is 0.327 e. The summed E-state index contributed by atoms with van der Waals surface area (Å²) in [7, 11) is 0. The van der Waals surface area contributed by atoms with Crippen molar-refractivity contribution in [1.29, 1.82) is 0 Å². The van der Waals surface area contributed by atoms with Gasteiger partial charge in [-0.05, 0) is 36.3 Å². The van der Waals surface area contributed by atoms with Gasteiger partial charge in [0.25, 0.3) is 0 Å². The summed E-state index contributed by atoms with van der Waals surface area (Å²) in [6, 6.07) is 5.22. The Balaban J connectivity index is 2.07. The Morgan fingerprint density at radius 1 is 1.37 bits per heavy atom. The third-order valence-corrected chi connectivity index (χ3v) is 4.82. The van der Waals surface area contributed by atoms with Gasteiger partial charge in [0.2, 0.25) is 0 Å². The van der Waals surface area contributed by atoms with Gasteiger partial charge in [-0.25, -0.2) is 4.39 Å². The third-order valence-electron chi connectivity index (χ3n) is 4.53. The second-order valence-corrected chi connectivity index (χ2v) is 6.10. The molecule has 1 aromatic rings. The predicted molar refractivity (Wildman–Crippen MR) is 78.8 cm³/mol. The minimum absolute atomic E-state index is 0.0400. The van der Waals surface area contributed by atoms with Crippen LogP contribution in [0, 0.1) is 17.7 Å². The zero-order chi connectivity index (χ0) is 13.8. The molecule has 3 atom stereocenters. The van der Waals surface area contributed by atoms with E-state index in [0.29, 0.717) is 23.8 Å². The Hall–Kier alpha value is -0.600. The van der Waals surface area contributed by atoms with Crippen molar-refractivity contribution in [3.8, 4) is 0 Å². The van der Waals surface area contributed by atoms with Crippen LogP contribution >= 0.6 is 11.6 Å². The highest BCUT2D eigenvalue weighted by Gasteiger charge is 2.29. The van der Waals surface area contributed by atoms with Crippen molar-refractivity contribution in [2.45, 2.75) is 51.5 Å². The van der Waals surface area contributed by atoms with Gasteiger partial charge in [0.05, 0.1) is 5.02 Å². The first kappa shape index (κ1) is 14.8. The highest BCUT2D eigenvalue weighted by Crippen LogP contribution is 2.35. The summed E-state index contributed by atoms with van der Waals surface area (Å²) in [5.74, 6) is 0.923. The number of hydrogen-bond acceptors (Lipinski definition) is 1. The zero-order valence-corrected chi connectivity index (χ0v) is 12.3. The van der Waals surface area contributed by atoms with Crippen LogP contribution < -0.4 is 5.73 Å². The lowest BCUT2D eigenvalue weighted by Crippen LogP contribution is -2.38. The topological polar surface area (TPSA) is 26.0 Å². The fourth-order valence-corrected chi connectivity index (χ4v) is 3.61. The highest BCUT2D eigenvalue weighted by molar-refractivity contribution is 6.30. The fraction of sp³-hybridized carbons (Fsp3) is 0.625. The van der Waals surface area contributed by atoms with Gasteiger partial charge in [-0.2, -0.15) is 0 Å². The molecule has 0 aliphatic heterocycles. The van der Waals surface area contributed by atoms with Gasteiger partial charge in [0.15, 0.2) is 0 Å². The number of halogens is 2. The van der Waals surface area contributed by atoms with Gasteiger partial charge in [0.1, 0.15) is 5.82 Å². The number of nitrogens with two attached hydrogens (primary N) is 1. The van der Waals surface area contributed by atoms with Crippen molar-refractivity contribution in [3.63, 3.8) is 0 Å². The molecule has 19 heavy (non-hydrogen) atoms. The molecular formula is C16H23ClFN. The summed E-state index contributed by atoms with van der Waals surface area (Å²) in [5, 5.41) is 0.195. The quantitative estimate of drug-likeness (QED) is 0.861. The van der Waals surface area contributed by atoms with Crippen LogP contribution in [0.25, 0.3) is 0 Å². The van der Waals surface area contributed by atoms with Crippen LogP contribution in [0.2, 0.25) is 5.02 Å². The molecule has 0 amide bonds. The van der Waals surface area contributed by atoms with Crippen LogP contribution in [-0.2, 0) is 6.42 Å². The van der Waals surface area contributed by atoms with Gasteiger partial charge >= 0.3 is 0 Å². The molecule has 0 spiro atoms.